The third kappa shape index (κ3) is 3.23. The van der Waals surface area contributed by atoms with Gasteiger partial charge < -0.3 is 14.7 Å². The van der Waals surface area contributed by atoms with E-state index in [0.717, 1.165) is 32.1 Å². The summed E-state index contributed by atoms with van der Waals surface area (Å²) in [6.07, 6.45) is 5.32. The van der Waals surface area contributed by atoms with Crippen LogP contribution in [0.2, 0.25) is 0 Å². The lowest BCUT2D eigenvalue weighted by Gasteiger charge is -2.33. The van der Waals surface area contributed by atoms with Gasteiger partial charge in [0.25, 0.3) is 0 Å². The summed E-state index contributed by atoms with van der Waals surface area (Å²) in [5, 5.41) is 9.32. The first-order chi connectivity index (χ1) is 9.93. The largest absolute Gasteiger partial charge is 0.481 e. The Labute approximate surface area is 126 Å². The standard InChI is InChI=1S/C16H27NO4/c1-3-21-11-9-16(6-4-5-7-16)13(18)17-10-8-15(2,12-17)14(19)20/h3-12H2,1-2H3,(H,19,20)/t15-/m0/s1. The maximum absolute atomic E-state index is 13.0. The molecule has 5 nitrogen and oxygen atoms in total. The minimum Gasteiger partial charge on any atom is -0.481 e. The quantitative estimate of drug-likeness (QED) is 0.764. The van der Waals surface area contributed by atoms with Gasteiger partial charge in [0.05, 0.1) is 10.8 Å². The van der Waals surface area contributed by atoms with E-state index < -0.39 is 11.4 Å². The van der Waals surface area contributed by atoms with Gasteiger partial charge in [-0.15, -0.1) is 0 Å². The summed E-state index contributed by atoms with van der Waals surface area (Å²) in [6, 6.07) is 0. The van der Waals surface area contributed by atoms with E-state index in [0.29, 0.717) is 32.7 Å². The summed E-state index contributed by atoms with van der Waals surface area (Å²) in [7, 11) is 0. The zero-order chi connectivity index (χ0) is 15.5. The van der Waals surface area contributed by atoms with Crippen molar-refractivity contribution >= 4 is 11.9 Å². The van der Waals surface area contributed by atoms with Gasteiger partial charge in [-0.2, -0.15) is 0 Å². The highest BCUT2D eigenvalue weighted by Crippen LogP contribution is 2.44. The van der Waals surface area contributed by atoms with Crippen molar-refractivity contribution in [3.63, 3.8) is 0 Å². The molecule has 0 aromatic heterocycles. The number of rotatable bonds is 6. The van der Waals surface area contributed by atoms with Crippen molar-refractivity contribution in [2.24, 2.45) is 10.8 Å². The number of aliphatic carboxylic acids is 1. The average Bonchev–Trinajstić information content (AvgIpc) is 3.07. The number of amides is 1. The fraction of sp³-hybridized carbons (Fsp3) is 0.875. The van der Waals surface area contributed by atoms with E-state index in [-0.39, 0.29) is 11.3 Å². The molecule has 21 heavy (non-hydrogen) atoms. The molecule has 2 rings (SSSR count). The van der Waals surface area contributed by atoms with Gasteiger partial charge >= 0.3 is 5.97 Å². The molecule has 1 saturated carbocycles. The van der Waals surface area contributed by atoms with Gasteiger partial charge in [-0.1, -0.05) is 12.8 Å². The number of hydrogen-bond acceptors (Lipinski definition) is 3. The first-order valence-electron chi connectivity index (χ1n) is 8.04. The number of nitrogens with zero attached hydrogens (tertiary/aromatic N) is 1. The minimum absolute atomic E-state index is 0.157. The van der Waals surface area contributed by atoms with Crippen molar-refractivity contribution in [2.75, 3.05) is 26.3 Å². The van der Waals surface area contributed by atoms with E-state index in [1.807, 2.05) is 6.92 Å². The summed E-state index contributed by atoms with van der Waals surface area (Å²) in [4.78, 5) is 26.1. The molecule has 1 atom stereocenters. The Morgan fingerprint density at radius 3 is 2.43 bits per heavy atom. The van der Waals surface area contributed by atoms with Gasteiger partial charge in [-0.3, -0.25) is 9.59 Å². The van der Waals surface area contributed by atoms with Crippen molar-refractivity contribution in [3.8, 4) is 0 Å². The van der Waals surface area contributed by atoms with Crippen molar-refractivity contribution in [1.29, 1.82) is 0 Å². The molecule has 0 aromatic rings. The second-order valence-electron chi connectivity index (χ2n) is 6.78. The van der Waals surface area contributed by atoms with Crippen LogP contribution in [-0.4, -0.2) is 48.2 Å². The van der Waals surface area contributed by atoms with Crippen molar-refractivity contribution in [3.05, 3.63) is 0 Å². The van der Waals surface area contributed by atoms with Crippen molar-refractivity contribution in [2.45, 2.75) is 52.4 Å². The smallest absolute Gasteiger partial charge is 0.311 e. The topological polar surface area (TPSA) is 66.8 Å². The lowest BCUT2D eigenvalue weighted by molar-refractivity contribution is -0.148. The molecule has 120 valence electrons. The maximum Gasteiger partial charge on any atom is 0.311 e. The molecule has 1 saturated heterocycles. The molecule has 1 heterocycles. The van der Waals surface area contributed by atoms with Gasteiger partial charge in [0.15, 0.2) is 0 Å². The minimum atomic E-state index is -0.799. The third-order valence-electron chi connectivity index (χ3n) is 5.22. The molecule has 0 unspecified atom stereocenters. The van der Waals surface area contributed by atoms with E-state index in [4.69, 9.17) is 4.74 Å². The summed E-state index contributed by atoms with van der Waals surface area (Å²) in [5.41, 5.74) is -1.09. The van der Waals surface area contributed by atoms with E-state index in [1.54, 1.807) is 11.8 Å². The highest BCUT2D eigenvalue weighted by atomic mass is 16.5. The molecular weight excluding hydrogens is 270 g/mol. The molecule has 1 aliphatic heterocycles. The van der Waals surface area contributed by atoms with Crippen LogP contribution >= 0.6 is 0 Å². The Hall–Kier alpha value is -1.10. The van der Waals surface area contributed by atoms with Crippen LogP contribution in [0.1, 0.15) is 52.4 Å². The summed E-state index contributed by atoms with van der Waals surface area (Å²) < 4.78 is 5.45. The fourth-order valence-electron chi connectivity index (χ4n) is 3.68. The van der Waals surface area contributed by atoms with Gasteiger partial charge in [-0.05, 0) is 39.5 Å². The van der Waals surface area contributed by atoms with Crippen LogP contribution in [0.15, 0.2) is 0 Å². The van der Waals surface area contributed by atoms with Gasteiger partial charge in [-0.25, -0.2) is 0 Å². The molecule has 0 spiro atoms. The number of hydrogen-bond donors (Lipinski definition) is 1. The van der Waals surface area contributed by atoms with E-state index >= 15 is 0 Å². The molecule has 1 amide bonds. The third-order valence-corrected chi connectivity index (χ3v) is 5.22. The van der Waals surface area contributed by atoms with E-state index in [2.05, 4.69) is 0 Å². The molecular formula is C16H27NO4. The maximum atomic E-state index is 13.0. The second-order valence-corrected chi connectivity index (χ2v) is 6.78. The molecule has 5 heteroatoms. The highest BCUT2D eigenvalue weighted by molar-refractivity contribution is 5.85. The Morgan fingerprint density at radius 2 is 1.90 bits per heavy atom. The predicted octanol–water partition coefficient (Wildman–Crippen LogP) is 2.30. The monoisotopic (exact) mass is 297 g/mol. The normalized spacial score (nSPS) is 28.0. The fourth-order valence-corrected chi connectivity index (χ4v) is 3.68. The number of ether oxygens (including phenoxy) is 1. The van der Waals surface area contributed by atoms with Crippen LogP contribution in [0.4, 0.5) is 0 Å². The summed E-state index contributed by atoms with van der Waals surface area (Å²) in [5.74, 6) is -0.641. The first-order valence-corrected chi connectivity index (χ1v) is 8.04. The molecule has 0 aromatic carbocycles. The molecule has 0 radical (unpaired) electrons. The summed E-state index contributed by atoms with van der Waals surface area (Å²) in [6.45, 7) is 5.90. The molecule has 2 fully saturated rings. The van der Waals surface area contributed by atoms with Gasteiger partial charge in [0, 0.05) is 26.3 Å². The van der Waals surface area contributed by atoms with Crippen molar-refractivity contribution < 1.29 is 19.4 Å². The molecule has 1 aliphatic carbocycles. The Kier molecular flexibility index (Phi) is 4.91. The second kappa shape index (κ2) is 6.34. The number of carboxylic acid groups (broad SMARTS) is 1. The lowest BCUT2D eigenvalue weighted by atomic mass is 9.81. The number of carbonyl (C=O) groups is 2. The first kappa shape index (κ1) is 16.3. The highest BCUT2D eigenvalue weighted by Gasteiger charge is 2.48. The number of likely N-dealkylation sites (tertiary alicyclic amines) is 1. The predicted molar refractivity (Wildman–Crippen MR) is 79.0 cm³/mol. The van der Waals surface area contributed by atoms with Crippen LogP contribution in [0.25, 0.3) is 0 Å². The summed E-state index contributed by atoms with van der Waals surface area (Å²) >= 11 is 0. The Bertz CT molecular complexity index is 403. The van der Waals surface area contributed by atoms with E-state index in [9.17, 15) is 14.7 Å². The molecule has 1 N–H and O–H groups in total. The van der Waals surface area contributed by atoms with Crippen LogP contribution in [0.5, 0.6) is 0 Å². The average molecular weight is 297 g/mol. The van der Waals surface area contributed by atoms with Crippen LogP contribution in [-0.2, 0) is 14.3 Å². The number of carboxylic acids is 1. The van der Waals surface area contributed by atoms with Gasteiger partial charge in [0.2, 0.25) is 5.91 Å². The zero-order valence-corrected chi connectivity index (χ0v) is 13.2. The Morgan fingerprint density at radius 1 is 1.24 bits per heavy atom. The van der Waals surface area contributed by atoms with E-state index in [1.165, 1.54) is 0 Å². The molecule has 0 bridgehead atoms. The van der Waals surface area contributed by atoms with Crippen LogP contribution in [0, 0.1) is 10.8 Å². The van der Waals surface area contributed by atoms with Crippen LogP contribution < -0.4 is 0 Å². The molecule has 2 aliphatic rings. The van der Waals surface area contributed by atoms with Crippen LogP contribution in [0.3, 0.4) is 0 Å². The lowest BCUT2D eigenvalue weighted by Crippen LogP contribution is -2.43. The van der Waals surface area contributed by atoms with Gasteiger partial charge in [0.1, 0.15) is 0 Å². The van der Waals surface area contributed by atoms with Crippen molar-refractivity contribution in [1.82, 2.24) is 4.90 Å². The zero-order valence-electron chi connectivity index (χ0n) is 13.2. The Balaban J connectivity index is 2.04. The SMILES string of the molecule is CCOCCC1(C(=O)N2CC[C@](C)(C(=O)O)C2)CCCC1. The number of carbonyl (C=O) groups excluding carboxylic acids is 1.